The standard InChI is InChI=1S/C13H12F4N4/c1-5-4-18-6(2)8(5)7(3)20-21-11-9(14)12(16)19-13(17)10(11)15/h4,18H,1-3H3,(H,19,21)/b20-7+. The van der Waals surface area contributed by atoms with Crippen LogP contribution in [0.4, 0.5) is 23.2 Å². The number of H-pyrrole nitrogens is 1. The van der Waals surface area contributed by atoms with Crippen LogP contribution < -0.4 is 5.43 Å². The molecule has 2 rings (SSSR count). The molecule has 0 aromatic carbocycles. The fourth-order valence-electron chi connectivity index (χ4n) is 1.99. The van der Waals surface area contributed by atoms with E-state index in [2.05, 4.69) is 15.1 Å². The molecule has 4 nitrogen and oxygen atoms in total. The van der Waals surface area contributed by atoms with Gasteiger partial charge in [0.05, 0.1) is 5.71 Å². The van der Waals surface area contributed by atoms with Crippen LogP contribution in [0.2, 0.25) is 0 Å². The molecular formula is C13H12F4N4. The molecule has 0 fully saturated rings. The van der Waals surface area contributed by atoms with Crippen molar-refractivity contribution < 1.29 is 17.6 Å². The van der Waals surface area contributed by atoms with Crippen molar-refractivity contribution in [3.05, 3.63) is 46.5 Å². The van der Waals surface area contributed by atoms with Crippen LogP contribution in [-0.2, 0) is 0 Å². The molecule has 8 heteroatoms. The maximum Gasteiger partial charge on any atom is 0.254 e. The Balaban J connectivity index is 2.38. The second kappa shape index (κ2) is 5.55. The van der Waals surface area contributed by atoms with Gasteiger partial charge >= 0.3 is 0 Å². The first-order valence-corrected chi connectivity index (χ1v) is 5.98. The van der Waals surface area contributed by atoms with Crippen molar-refractivity contribution in [2.24, 2.45) is 5.10 Å². The average Bonchev–Trinajstić information content (AvgIpc) is 2.76. The number of aryl methyl sites for hydroxylation is 2. The largest absolute Gasteiger partial charge is 0.364 e. The number of anilines is 1. The number of nitrogens with one attached hydrogen (secondary N) is 2. The maximum absolute atomic E-state index is 13.4. The highest BCUT2D eigenvalue weighted by atomic mass is 19.2. The Morgan fingerprint density at radius 3 is 2.19 bits per heavy atom. The van der Waals surface area contributed by atoms with Gasteiger partial charge in [0.25, 0.3) is 11.9 Å². The van der Waals surface area contributed by atoms with Crippen LogP contribution in [0.3, 0.4) is 0 Å². The van der Waals surface area contributed by atoms with Crippen LogP contribution in [-0.4, -0.2) is 15.7 Å². The fourth-order valence-corrected chi connectivity index (χ4v) is 1.99. The van der Waals surface area contributed by atoms with Gasteiger partial charge in [-0.15, -0.1) is 0 Å². The van der Waals surface area contributed by atoms with Crippen molar-refractivity contribution >= 4 is 11.4 Å². The van der Waals surface area contributed by atoms with Gasteiger partial charge < -0.3 is 4.98 Å². The quantitative estimate of drug-likeness (QED) is 0.395. The molecule has 0 aliphatic heterocycles. The van der Waals surface area contributed by atoms with Gasteiger partial charge in [-0.3, -0.25) is 5.43 Å². The molecule has 0 atom stereocenters. The van der Waals surface area contributed by atoms with Crippen molar-refractivity contribution in [1.29, 1.82) is 0 Å². The number of hydrazone groups is 1. The molecule has 0 aliphatic rings. The molecule has 0 saturated carbocycles. The minimum absolute atomic E-state index is 0.405. The zero-order valence-electron chi connectivity index (χ0n) is 11.5. The van der Waals surface area contributed by atoms with Crippen molar-refractivity contribution in [3.8, 4) is 0 Å². The highest BCUT2D eigenvalue weighted by Gasteiger charge is 2.20. The zero-order valence-corrected chi connectivity index (χ0v) is 11.5. The summed E-state index contributed by atoms with van der Waals surface area (Å²) in [6.45, 7) is 5.22. The average molecular weight is 300 g/mol. The van der Waals surface area contributed by atoms with E-state index in [1.165, 1.54) is 0 Å². The number of nitrogens with zero attached hydrogens (tertiary/aromatic N) is 2. The summed E-state index contributed by atoms with van der Waals surface area (Å²) in [5, 5.41) is 3.77. The third-order valence-electron chi connectivity index (χ3n) is 2.97. The number of halogens is 4. The van der Waals surface area contributed by atoms with E-state index in [0.717, 1.165) is 16.8 Å². The number of aromatic amines is 1. The number of hydrogen-bond donors (Lipinski definition) is 2. The Labute approximate surface area is 117 Å². The van der Waals surface area contributed by atoms with Gasteiger partial charge in [-0.05, 0) is 26.3 Å². The van der Waals surface area contributed by atoms with Crippen molar-refractivity contribution in [2.75, 3.05) is 5.43 Å². The highest BCUT2D eigenvalue weighted by molar-refractivity contribution is 6.01. The maximum atomic E-state index is 13.4. The van der Waals surface area contributed by atoms with E-state index in [0.29, 0.717) is 5.71 Å². The first-order valence-electron chi connectivity index (χ1n) is 5.98. The van der Waals surface area contributed by atoms with Crippen LogP contribution in [0, 0.1) is 37.4 Å². The lowest BCUT2D eigenvalue weighted by Crippen LogP contribution is -2.08. The Morgan fingerprint density at radius 1 is 1.14 bits per heavy atom. The molecule has 2 aromatic heterocycles. The number of hydrogen-bond acceptors (Lipinski definition) is 3. The van der Waals surface area contributed by atoms with Crippen LogP contribution in [0.25, 0.3) is 0 Å². The molecule has 2 heterocycles. The van der Waals surface area contributed by atoms with Gasteiger partial charge in [-0.25, -0.2) is 0 Å². The third-order valence-corrected chi connectivity index (χ3v) is 2.97. The summed E-state index contributed by atoms with van der Waals surface area (Å²) in [6.07, 6.45) is 1.75. The Morgan fingerprint density at radius 2 is 1.71 bits per heavy atom. The molecular weight excluding hydrogens is 288 g/mol. The predicted octanol–water partition coefficient (Wildman–Crippen LogP) is 3.42. The second-order valence-corrected chi connectivity index (χ2v) is 4.48. The molecule has 2 aromatic rings. The molecule has 0 bridgehead atoms. The third kappa shape index (κ3) is 2.74. The first-order chi connectivity index (χ1) is 9.82. The molecule has 0 unspecified atom stereocenters. The predicted molar refractivity (Wildman–Crippen MR) is 70.2 cm³/mol. The molecule has 21 heavy (non-hydrogen) atoms. The summed E-state index contributed by atoms with van der Waals surface area (Å²) in [5.74, 6) is -6.74. The van der Waals surface area contributed by atoms with E-state index >= 15 is 0 Å². The minimum Gasteiger partial charge on any atom is -0.364 e. The smallest absolute Gasteiger partial charge is 0.254 e. The molecule has 0 spiro atoms. The van der Waals surface area contributed by atoms with E-state index in [-0.39, 0.29) is 0 Å². The van der Waals surface area contributed by atoms with Crippen molar-refractivity contribution in [3.63, 3.8) is 0 Å². The van der Waals surface area contributed by atoms with Gasteiger partial charge in [0.15, 0.2) is 0 Å². The molecule has 0 aliphatic carbocycles. The zero-order chi connectivity index (χ0) is 15.7. The van der Waals surface area contributed by atoms with Gasteiger partial charge in [0.1, 0.15) is 5.69 Å². The number of pyridine rings is 1. The first kappa shape index (κ1) is 15.0. The van der Waals surface area contributed by atoms with Crippen LogP contribution >= 0.6 is 0 Å². The number of aromatic nitrogens is 2. The topological polar surface area (TPSA) is 53.1 Å². The Hall–Kier alpha value is -2.38. The van der Waals surface area contributed by atoms with Crippen LogP contribution in [0.15, 0.2) is 11.3 Å². The van der Waals surface area contributed by atoms with Gasteiger partial charge in [0.2, 0.25) is 11.6 Å². The molecule has 112 valence electrons. The summed E-state index contributed by atoms with van der Waals surface area (Å²) in [4.78, 5) is 5.43. The van der Waals surface area contributed by atoms with Crippen LogP contribution in [0.5, 0.6) is 0 Å². The lowest BCUT2D eigenvalue weighted by molar-refractivity contribution is 0.411. The minimum atomic E-state index is -1.74. The second-order valence-electron chi connectivity index (χ2n) is 4.48. The van der Waals surface area contributed by atoms with E-state index < -0.39 is 29.2 Å². The van der Waals surface area contributed by atoms with Crippen molar-refractivity contribution in [1.82, 2.24) is 9.97 Å². The lowest BCUT2D eigenvalue weighted by Gasteiger charge is -2.07. The Kier molecular flexibility index (Phi) is 3.97. The van der Waals surface area contributed by atoms with E-state index in [9.17, 15) is 17.6 Å². The van der Waals surface area contributed by atoms with Crippen molar-refractivity contribution in [2.45, 2.75) is 20.8 Å². The fraction of sp³-hybridized carbons (Fsp3) is 0.231. The SMILES string of the molecule is C/C(=N\Nc1c(F)c(F)nc(F)c1F)c1c(C)c[nH]c1C. The summed E-state index contributed by atoms with van der Waals surface area (Å²) in [6, 6.07) is 0. The normalized spacial score (nSPS) is 11.9. The highest BCUT2D eigenvalue weighted by Crippen LogP contribution is 2.22. The summed E-state index contributed by atoms with van der Waals surface area (Å²) in [5.41, 5.74) is 3.83. The monoisotopic (exact) mass is 300 g/mol. The molecule has 0 amide bonds. The molecule has 0 radical (unpaired) electrons. The van der Waals surface area contributed by atoms with E-state index in [4.69, 9.17) is 0 Å². The number of rotatable bonds is 3. The summed E-state index contributed by atoms with van der Waals surface area (Å²) in [7, 11) is 0. The van der Waals surface area contributed by atoms with E-state index in [1.807, 2.05) is 12.3 Å². The van der Waals surface area contributed by atoms with Gasteiger partial charge in [0, 0.05) is 17.5 Å². The van der Waals surface area contributed by atoms with E-state index in [1.54, 1.807) is 20.0 Å². The Bertz CT molecular complexity index is 676. The summed E-state index contributed by atoms with van der Waals surface area (Å²) < 4.78 is 52.7. The molecule has 0 saturated heterocycles. The summed E-state index contributed by atoms with van der Waals surface area (Å²) >= 11 is 0. The van der Waals surface area contributed by atoms with Gasteiger partial charge in [-0.1, -0.05) is 0 Å². The molecule has 2 N–H and O–H groups in total. The van der Waals surface area contributed by atoms with Gasteiger partial charge in [-0.2, -0.15) is 27.6 Å². The van der Waals surface area contributed by atoms with Crippen LogP contribution in [0.1, 0.15) is 23.7 Å². The lowest BCUT2D eigenvalue weighted by atomic mass is 10.1.